The standard InChI is InChI=1S/C23H22N4O4/c28-21-6-5-19-13-18(15-24-23(19)25-21)4-7-22(29)26-10-8-16(9-11-26)12-17-2-1-3-20(14-17)27(30)31/h1-4,7-8,13-15H,5-6,9-12H2,(H,24,25,28). The van der Waals surface area contributed by atoms with Crippen molar-refractivity contribution in [2.24, 2.45) is 0 Å². The first-order valence-corrected chi connectivity index (χ1v) is 10.1. The molecule has 2 aliphatic rings. The number of carbonyl (C=O) groups is 2. The second-order valence-corrected chi connectivity index (χ2v) is 7.66. The van der Waals surface area contributed by atoms with Crippen LogP contribution in [0.4, 0.5) is 11.5 Å². The van der Waals surface area contributed by atoms with Gasteiger partial charge in [0.15, 0.2) is 0 Å². The molecule has 1 aromatic carbocycles. The zero-order chi connectivity index (χ0) is 21.8. The number of hydrogen-bond acceptors (Lipinski definition) is 5. The van der Waals surface area contributed by atoms with Gasteiger partial charge in [0.1, 0.15) is 5.82 Å². The Balaban J connectivity index is 1.35. The number of aromatic nitrogens is 1. The van der Waals surface area contributed by atoms with Gasteiger partial charge in [0.05, 0.1) is 4.92 Å². The fourth-order valence-electron chi connectivity index (χ4n) is 3.75. The summed E-state index contributed by atoms with van der Waals surface area (Å²) < 4.78 is 0. The van der Waals surface area contributed by atoms with Crippen molar-refractivity contribution < 1.29 is 14.5 Å². The van der Waals surface area contributed by atoms with Crippen molar-refractivity contribution in [3.63, 3.8) is 0 Å². The van der Waals surface area contributed by atoms with Crippen LogP contribution in [0.15, 0.2) is 54.3 Å². The highest BCUT2D eigenvalue weighted by Crippen LogP contribution is 2.22. The molecule has 0 saturated heterocycles. The minimum atomic E-state index is -0.389. The van der Waals surface area contributed by atoms with Gasteiger partial charge in [-0.25, -0.2) is 4.98 Å². The van der Waals surface area contributed by atoms with Crippen LogP contribution in [-0.2, 0) is 22.4 Å². The molecule has 0 spiro atoms. The number of nitrogens with zero attached hydrogens (tertiary/aromatic N) is 3. The van der Waals surface area contributed by atoms with Crippen LogP contribution >= 0.6 is 0 Å². The second-order valence-electron chi connectivity index (χ2n) is 7.66. The number of non-ortho nitro benzene ring substituents is 1. The van der Waals surface area contributed by atoms with Crippen molar-refractivity contribution in [1.29, 1.82) is 0 Å². The minimum Gasteiger partial charge on any atom is -0.335 e. The third-order valence-electron chi connectivity index (χ3n) is 5.45. The SMILES string of the molecule is O=C1CCc2cc(C=CC(=O)N3CC=C(Cc4cccc([N+](=O)[O-])c4)CC3)cnc2N1. The zero-order valence-electron chi connectivity index (χ0n) is 16.9. The Morgan fingerprint density at radius 3 is 2.90 bits per heavy atom. The van der Waals surface area contributed by atoms with E-state index in [9.17, 15) is 19.7 Å². The molecule has 0 fully saturated rings. The van der Waals surface area contributed by atoms with Crippen molar-refractivity contribution in [1.82, 2.24) is 9.88 Å². The van der Waals surface area contributed by atoms with Crippen molar-refractivity contribution in [2.75, 3.05) is 18.4 Å². The van der Waals surface area contributed by atoms with E-state index >= 15 is 0 Å². The third kappa shape index (κ3) is 5.03. The average Bonchev–Trinajstić information content (AvgIpc) is 2.78. The van der Waals surface area contributed by atoms with Crippen molar-refractivity contribution in [3.05, 3.63) is 81.1 Å². The Morgan fingerprint density at radius 1 is 1.26 bits per heavy atom. The van der Waals surface area contributed by atoms with Gasteiger partial charge in [-0.3, -0.25) is 19.7 Å². The molecule has 158 valence electrons. The molecule has 0 saturated carbocycles. The zero-order valence-corrected chi connectivity index (χ0v) is 16.9. The third-order valence-corrected chi connectivity index (χ3v) is 5.45. The molecule has 2 aromatic rings. The quantitative estimate of drug-likeness (QED) is 0.347. The second kappa shape index (κ2) is 8.91. The van der Waals surface area contributed by atoms with Crippen LogP contribution < -0.4 is 5.32 Å². The van der Waals surface area contributed by atoms with E-state index in [1.807, 2.05) is 18.2 Å². The van der Waals surface area contributed by atoms with Crippen LogP contribution in [0.2, 0.25) is 0 Å². The van der Waals surface area contributed by atoms with Crippen LogP contribution in [0, 0.1) is 10.1 Å². The van der Waals surface area contributed by atoms with E-state index in [4.69, 9.17) is 0 Å². The van der Waals surface area contributed by atoms with E-state index < -0.39 is 0 Å². The lowest BCUT2D eigenvalue weighted by molar-refractivity contribution is -0.384. The molecule has 8 heteroatoms. The fourth-order valence-corrected chi connectivity index (χ4v) is 3.75. The number of amides is 2. The number of carbonyl (C=O) groups excluding carboxylic acids is 2. The monoisotopic (exact) mass is 418 g/mol. The van der Waals surface area contributed by atoms with E-state index in [0.29, 0.717) is 38.2 Å². The number of rotatable bonds is 5. The first-order valence-electron chi connectivity index (χ1n) is 10.1. The summed E-state index contributed by atoms with van der Waals surface area (Å²) in [6, 6.07) is 8.60. The average molecular weight is 418 g/mol. The summed E-state index contributed by atoms with van der Waals surface area (Å²) in [6.45, 7) is 1.13. The number of fused-ring (bicyclic) bond motifs is 1. The molecule has 2 aliphatic heterocycles. The lowest BCUT2D eigenvalue weighted by atomic mass is 9.99. The van der Waals surface area contributed by atoms with Gasteiger partial charge < -0.3 is 10.2 Å². The van der Waals surface area contributed by atoms with Crippen molar-refractivity contribution >= 4 is 29.4 Å². The Bertz CT molecular complexity index is 1110. The summed E-state index contributed by atoms with van der Waals surface area (Å²) in [5, 5.41) is 13.7. The predicted molar refractivity (Wildman–Crippen MR) is 116 cm³/mol. The van der Waals surface area contributed by atoms with Gasteiger partial charge in [-0.15, -0.1) is 0 Å². The first-order chi connectivity index (χ1) is 15.0. The first kappa shape index (κ1) is 20.5. The highest BCUT2D eigenvalue weighted by atomic mass is 16.6. The highest BCUT2D eigenvalue weighted by molar-refractivity contribution is 5.94. The molecule has 31 heavy (non-hydrogen) atoms. The van der Waals surface area contributed by atoms with Gasteiger partial charge in [-0.2, -0.15) is 0 Å². The summed E-state index contributed by atoms with van der Waals surface area (Å²) in [5.41, 5.74) is 3.96. The van der Waals surface area contributed by atoms with Crippen LogP contribution in [0.25, 0.3) is 6.08 Å². The van der Waals surface area contributed by atoms with Gasteiger partial charge in [-0.1, -0.05) is 23.8 Å². The largest absolute Gasteiger partial charge is 0.335 e. The molecule has 1 N–H and O–H groups in total. The number of nitro benzene ring substituents is 1. The molecule has 1 aromatic heterocycles. The van der Waals surface area contributed by atoms with Crippen molar-refractivity contribution in [2.45, 2.75) is 25.7 Å². The number of hydrogen-bond donors (Lipinski definition) is 1. The molecule has 8 nitrogen and oxygen atoms in total. The molecule has 0 bridgehead atoms. The van der Waals surface area contributed by atoms with Gasteiger partial charge >= 0.3 is 0 Å². The van der Waals surface area contributed by atoms with E-state index in [2.05, 4.69) is 10.3 Å². The summed E-state index contributed by atoms with van der Waals surface area (Å²) in [6.07, 6.45) is 9.43. The van der Waals surface area contributed by atoms with Gasteiger partial charge in [-0.05, 0) is 48.1 Å². The Kier molecular flexibility index (Phi) is 5.88. The molecule has 0 unspecified atom stereocenters. The normalized spacial score (nSPS) is 15.9. The topological polar surface area (TPSA) is 105 Å². The number of anilines is 1. The minimum absolute atomic E-state index is 0.0264. The number of nitrogens with one attached hydrogen (secondary N) is 1. The summed E-state index contributed by atoms with van der Waals surface area (Å²) >= 11 is 0. The van der Waals surface area contributed by atoms with Crippen LogP contribution in [-0.4, -0.2) is 39.7 Å². The number of nitro groups is 1. The molecular weight excluding hydrogens is 396 g/mol. The van der Waals surface area contributed by atoms with Crippen LogP contribution in [0.5, 0.6) is 0 Å². The molecule has 4 rings (SSSR count). The number of pyridine rings is 1. The highest BCUT2D eigenvalue weighted by Gasteiger charge is 2.17. The van der Waals surface area contributed by atoms with E-state index in [0.717, 1.165) is 23.1 Å². The Hall–Kier alpha value is -3.81. The maximum absolute atomic E-state index is 12.5. The Morgan fingerprint density at radius 2 is 2.13 bits per heavy atom. The van der Waals surface area contributed by atoms with E-state index in [-0.39, 0.29) is 22.4 Å². The lowest BCUT2D eigenvalue weighted by Crippen LogP contribution is -2.33. The predicted octanol–water partition coefficient (Wildman–Crippen LogP) is 3.29. The fraction of sp³-hybridized carbons (Fsp3) is 0.261. The summed E-state index contributed by atoms with van der Waals surface area (Å²) in [7, 11) is 0. The maximum Gasteiger partial charge on any atom is 0.269 e. The van der Waals surface area contributed by atoms with Gasteiger partial charge in [0.2, 0.25) is 11.8 Å². The summed E-state index contributed by atoms with van der Waals surface area (Å²) in [4.78, 5) is 40.5. The van der Waals surface area contributed by atoms with E-state index in [1.165, 1.54) is 11.6 Å². The molecule has 0 atom stereocenters. The number of benzene rings is 1. The molecule has 0 aliphatic carbocycles. The number of aryl methyl sites for hydroxylation is 1. The maximum atomic E-state index is 12.5. The molecular formula is C23H22N4O4. The van der Waals surface area contributed by atoms with Gasteiger partial charge in [0, 0.05) is 43.9 Å². The summed E-state index contributed by atoms with van der Waals surface area (Å²) in [5.74, 6) is 0.496. The van der Waals surface area contributed by atoms with Crippen LogP contribution in [0.1, 0.15) is 29.5 Å². The van der Waals surface area contributed by atoms with Crippen LogP contribution in [0.3, 0.4) is 0 Å². The van der Waals surface area contributed by atoms with E-state index in [1.54, 1.807) is 35.4 Å². The smallest absolute Gasteiger partial charge is 0.269 e. The Labute approximate surface area is 179 Å². The van der Waals surface area contributed by atoms with Crippen molar-refractivity contribution in [3.8, 4) is 0 Å². The molecule has 3 heterocycles. The molecule has 0 radical (unpaired) electrons. The molecule has 2 amide bonds. The van der Waals surface area contributed by atoms with Gasteiger partial charge in [0.25, 0.3) is 5.69 Å². The lowest BCUT2D eigenvalue weighted by Gasteiger charge is -2.25.